The molecule has 0 bridgehead atoms. The number of carbonyl (C=O) groups excluding carboxylic acids is 2. The van der Waals surface area contributed by atoms with Crippen LogP contribution in [0.25, 0.3) is 0 Å². The van der Waals surface area contributed by atoms with Crippen LogP contribution in [0, 0.1) is 11.7 Å². The Morgan fingerprint density at radius 2 is 1.53 bits per heavy atom. The summed E-state index contributed by atoms with van der Waals surface area (Å²) in [5.41, 5.74) is 0.548. The van der Waals surface area contributed by atoms with Crippen molar-refractivity contribution < 1.29 is 22.4 Å². The molecule has 1 aliphatic heterocycles. The lowest BCUT2D eigenvalue weighted by Gasteiger charge is -2.30. The molecule has 0 saturated carbocycles. The molecule has 1 heterocycles. The molecule has 9 heteroatoms. The molecular weight excluding hydrogens is 409 g/mol. The Labute approximate surface area is 175 Å². The highest BCUT2D eigenvalue weighted by atomic mass is 32.2. The molecule has 2 amide bonds. The Bertz CT molecular complexity index is 990. The Balaban J connectivity index is 1.43. The fourth-order valence-corrected chi connectivity index (χ4v) is 4.88. The second-order valence-corrected chi connectivity index (χ2v) is 8.93. The molecule has 0 aliphatic carbocycles. The van der Waals surface area contributed by atoms with Gasteiger partial charge in [0, 0.05) is 37.7 Å². The molecule has 1 fully saturated rings. The normalized spacial score (nSPS) is 15.5. The van der Waals surface area contributed by atoms with Crippen LogP contribution in [0.3, 0.4) is 0 Å². The van der Waals surface area contributed by atoms with Gasteiger partial charge in [-0.25, -0.2) is 12.8 Å². The minimum atomic E-state index is -3.92. The second-order valence-electron chi connectivity index (χ2n) is 7.02. The number of halogens is 1. The van der Waals surface area contributed by atoms with Gasteiger partial charge in [-0.3, -0.25) is 9.59 Å². The number of amides is 2. The standard InChI is InChI=1S/C21H24FN3O4S/c22-18-8-4-5-9-19(18)30(28,29)25-14-10-17(11-15-25)21(27)24-13-12-23-20(26)16-6-2-1-3-7-16/h1-9,17H,10-15H2,(H,23,26)(H,24,27). The third-order valence-electron chi connectivity index (χ3n) is 5.02. The lowest BCUT2D eigenvalue weighted by molar-refractivity contribution is -0.126. The van der Waals surface area contributed by atoms with E-state index in [1.807, 2.05) is 6.07 Å². The molecule has 2 N–H and O–H groups in total. The number of nitrogens with one attached hydrogen (secondary N) is 2. The largest absolute Gasteiger partial charge is 0.354 e. The molecule has 0 radical (unpaired) electrons. The second kappa shape index (κ2) is 9.82. The third kappa shape index (κ3) is 5.22. The molecule has 7 nitrogen and oxygen atoms in total. The summed E-state index contributed by atoms with van der Waals surface area (Å²) in [7, 11) is -3.92. The zero-order chi connectivity index (χ0) is 21.6. The Hall–Kier alpha value is -2.78. The van der Waals surface area contributed by atoms with Crippen molar-refractivity contribution in [2.45, 2.75) is 17.7 Å². The first kappa shape index (κ1) is 21.9. The van der Waals surface area contributed by atoms with Crippen molar-refractivity contribution in [3.05, 3.63) is 66.0 Å². The Morgan fingerprint density at radius 3 is 2.20 bits per heavy atom. The van der Waals surface area contributed by atoms with E-state index in [9.17, 15) is 22.4 Å². The van der Waals surface area contributed by atoms with Crippen LogP contribution in [0.1, 0.15) is 23.2 Å². The van der Waals surface area contributed by atoms with Gasteiger partial charge in [-0.05, 0) is 37.1 Å². The van der Waals surface area contributed by atoms with E-state index in [1.54, 1.807) is 24.3 Å². The van der Waals surface area contributed by atoms with Gasteiger partial charge in [0.15, 0.2) is 0 Å². The Kier molecular flexibility index (Phi) is 7.17. The molecule has 0 spiro atoms. The number of nitrogens with zero attached hydrogens (tertiary/aromatic N) is 1. The van der Waals surface area contributed by atoms with Crippen molar-refractivity contribution in [2.24, 2.45) is 5.92 Å². The summed E-state index contributed by atoms with van der Waals surface area (Å²) in [5, 5.41) is 5.50. The van der Waals surface area contributed by atoms with Crippen LogP contribution in [0.5, 0.6) is 0 Å². The maximum absolute atomic E-state index is 13.9. The van der Waals surface area contributed by atoms with E-state index in [-0.39, 0.29) is 42.3 Å². The predicted octanol–water partition coefficient (Wildman–Crippen LogP) is 1.77. The lowest BCUT2D eigenvalue weighted by Crippen LogP contribution is -2.44. The highest BCUT2D eigenvalue weighted by Crippen LogP contribution is 2.25. The van der Waals surface area contributed by atoms with Gasteiger partial charge >= 0.3 is 0 Å². The summed E-state index contributed by atoms with van der Waals surface area (Å²) in [6.45, 7) is 0.879. The van der Waals surface area contributed by atoms with Gasteiger partial charge < -0.3 is 10.6 Å². The van der Waals surface area contributed by atoms with E-state index in [0.29, 0.717) is 24.9 Å². The van der Waals surface area contributed by atoms with E-state index >= 15 is 0 Å². The quantitative estimate of drug-likeness (QED) is 0.651. The summed E-state index contributed by atoms with van der Waals surface area (Å²) in [6, 6.07) is 14.1. The van der Waals surface area contributed by atoms with Crippen molar-refractivity contribution in [3.63, 3.8) is 0 Å². The van der Waals surface area contributed by atoms with E-state index in [4.69, 9.17) is 0 Å². The monoisotopic (exact) mass is 433 g/mol. The zero-order valence-corrected chi connectivity index (χ0v) is 17.2. The topological polar surface area (TPSA) is 95.6 Å². The van der Waals surface area contributed by atoms with E-state index in [2.05, 4.69) is 10.6 Å². The van der Waals surface area contributed by atoms with Gasteiger partial charge in [0.05, 0.1) is 0 Å². The summed E-state index contributed by atoms with van der Waals surface area (Å²) < 4.78 is 40.3. The lowest BCUT2D eigenvalue weighted by atomic mass is 9.97. The van der Waals surface area contributed by atoms with Crippen molar-refractivity contribution in [3.8, 4) is 0 Å². The smallest absolute Gasteiger partial charge is 0.251 e. The molecule has 0 atom stereocenters. The van der Waals surface area contributed by atoms with Gasteiger partial charge in [-0.15, -0.1) is 0 Å². The summed E-state index contributed by atoms with van der Waals surface area (Å²) >= 11 is 0. The van der Waals surface area contributed by atoms with Crippen LogP contribution in [0.2, 0.25) is 0 Å². The summed E-state index contributed by atoms with van der Waals surface area (Å²) in [4.78, 5) is 23.9. The maximum atomic E-state index is 13.9. The highest BCUT2D eigenvalue weighted by Gasteiger charge is 2.33. The number of piperidine rings is 1. The number of sulfonamides is 1. The molecular formula is C21H24FN3O4S. The van der Waals surface area contributed by atoms with Crippen LogP contribution in [-0.4, -0.2) is 50.7 Å². The third-order valence-corrected chi connectivity index (χ3v) is 6.96. The molecule has 3 rings (SSSR count). The van der Waals surface area contributed by atoms with E-state index < -0.39 is 15.8 Å². The first-order valence-electron chi connectivity index (χ1n) is 9.75. The van der Waals surface area contributed by atoms with Crippen LogP contribution in [0.4, 0.5) is 4.39 Å². The number of hydrogen-bond acceptors (Lipinski definition) is 4. The van der Waals surface area contributed by atoms with Crippen LogP contribution >= 0.6 is 0 Å². The molecule has 0 unspecified atom stereocenters. The van der Waals surface area contributed by atoms with E-state index in [1.165, 1.54) is 22.5 Å². The first-order chi connectivity index (χ1) is 14.4. The van der Waals surface area contributed by atoms with Gasteiger partial charge in [-0.1, -0.05) is 30.3 Å². The molecule has 2 aromatic rings. The average Bonchev–Trinajstić information content (AvgIpc) is 2.77. The van der Waals surface area contributed by atoms with Crippen LogP contribution in [-0.2, 0) is 14.8 Å². The molecule has 2 aromatic carbocycles. The van der Waals surface area contributed by atoms with E-state index in [0.717, 1.165) is 6.07 Å². The first-order valence-corrected chi connectivity index (χ1v) is 11.2. The molecule has 0 aromatic heterocycles. The fourth-order valence-electron chi connectivity index (χ4n) is 3.35. The number of hydrogen-bond donors (Lipinski definition) is 2. The van der Waals surface area contributed by atoms with Gasteiger partial charge in [0.1, 0.15) is 10.7 Å². The Morgan fingerprint density at radius 1 is 0.933 bits per heavy atom. The molecule has 1 saturated heterocycles. The number of benzene rings is 2. The summed E-state index contributed by atoms with van der Waals surface area (Å²) in [6.07, 6.45) is 0.714. The molecule has 160 valence electrons. The maximum Gasteiger partial charge on any atom is 0.251 e. The zero-order valence-electron chi connectivity index (χ0n) is 16.4. The van der Waals surface area contributed by atoms with Crippen molar-refractivity contribution in [1.29, 1.82) is 0 Å². The summed E-state index contributed by atoms with van der Waals surface area (Å²) in [5.74, 6) is -1.49. The highest BCUT2D eigenvalue weighted by molar-refractivity contribution is 7.89. The van der Waals surface area contributed by atoms with Gasteiger partial charge in [0.25, 0.3) is 5.91 Å². The SMILES string of the molecule is O=C(NCCNC(=O)C1CCN(S(=O)(=O)c2ccccc2F)CC1)c1ccccc1. The average molecular weight is 434 g/mol. The molecule has 30 heavy (non-hydrogen) atoms. The van der Waals surface area contributed by atoms with Crippen molar-refractivity contribution in [2.75, 3.05) is 26.2 Å². The van der Waals surface area contributed by atoms with Gasteiger partial charge in [-0.2, -0.15) is 4.31 Å². The van der Waals surface area contributed by atoms with Crippen molar-refractivity contribution in [1.82, 2.24) is 14.9 Å². The predicted molar refractivity (Wildman–Crippen MR) is 110 cm³/mol. The van der Waals surface area contributed by atoms with Crippen molar-refractivity contribution >= 4 is 21.8 Å². The van der Waals surface area contributed by atoms with Gasteiger partial charge in [0.2, 0.25) is 15.9 Å². The fraction of sp³-hybridized carbons (Fsp3) is 0.333. The minimum Gasteiger partial charge on any atom is -0.354 e. The minimum absolute atomic E-state index is 0.152. The van der Waals surface area contributed by atoms with Crippen LogP contribution < -0.4 is 10.6 Å². The molecule has 1 aliphatic rings. The number of rotatable bonds is 7. The number of carbonyl (C=O) groups is 2. The van der Waals surface area contributed by atoms with Crippen LogP contribution in [0.15, 0.2) is 59.5 Å².